The number of nitrogens with zero attached hydrogens (tertiary/aromatic N) is 2. The molecule has 0 amide bonds. The van der Waals surface area contributed by atoms with Crippen LogP contribution in [0.1, 0.15) is 22.8 Å². The van der Waals surface area contributed by atoms with E-state index in [4.69, 9.17) is 5.26 Å². The molecule has 2 rings (SSSR count). The van der Waals surface area contributed by atoms with E-state index in [1.165, 1.54) is 18.2 Å². The summed E-state index contributed by atoms with van der Waals surface area (Å²) in [5.74, 6) is 0. The van der Waals surface area contributed by atoms with Crippen molar-refractivity contribution in [3.8, 4) is 6.07 Å². The lowest BCUT2D eigenvalue weighted by molar-refractivity contribution is -0.384. The average Bonchev–Trinajstić information content (AvgIpc) is 2.52. The third kappa shape index (κ3) is 3.59. The van der Waals surface area contributed by atoms with Crippen LogP contribution in [0.3, 0.4) is 0 Å². The van der Waals surface area contributed by atoms with Gasteiger partial charge in [-0.25, -0.2) is 0 Å². The Morgan fingerprint density at radius 1 is 1.36 bits per heavy atom. The lowest BCUT2D eigenvalue weighted by atomic mass is 10.1. The van der Waals surface area contributed by atoms with E-state index >= 15 is 0 Å². The Kier molecular flexibility index (Phi) is 4.71. The fraction of sp³-hybridized carbons (Fsp3) is 0.188. The van der Waals surface area contributed by atoms with Crippen LogP contribution in [0.4, 0.5) is 11.4 Å². The van der Waals surface area contributed by atoms with Crippen LogP contribution in [0.5, 0.6) is 0 Å². The molecule has 1 unspecified atom stereocenters. The zero-order valence-corrected chi connectivity index (χ0v) is 12.0. The molecule has 22 heavy (non-hydrogen) atoms. The monoisotopic (exact) mass is 297 g/mol. The van der Waals surface area contributed by atoms with E-state index in [0.717, 1.165) is 11.1 Å². The Labute approximate surface area is 127 Å². The van der Waals surface area contributed by atoms with E-state index in [1.54, 1.807) is 6.07 Å². The standard InChI is InChI=1S/C16H15N3O3/c1-11-3-2-4-13(7-11)16(20)10-18-14-6-5-12(9-17)8-15(14)19(21)22/h2-8,16,18,20H,10H2,1H3. The van der Waals surface area contributed by atoms with Crippen LogP contribution in [-0.4, -0.2) is 16.6 Å². The normalized spacial score (nSPS) is 11.5. The summed E-state index contributed by atoms with van der Waals surface area (Å²) in [6.45, 7) is 2.06. The van der Waals surface area contributed by atoms with E-state index in [0.29, 0.717) is 0 Å². The molecule has 0 bridgehead atoms. The second kappa shape index (κ2) is 6.70. The van der Waals surface area contributed by atoms with Gasteiger partial charge in [0.05, 0.1) is 22.7 Å². The molecule has 0 saturated carbocycles. The third-order valence-corrected chi connectivity index (χ3v) is 3.24. The molecular formula is C16H15N3O3. The minimum absolute atomic E-state index is 0.135. The first kappa shape index (κ1) is 15.5. The molecular weight excluding hydrogens is 282 g/mol. The minimum Gasteiger partial charge on any atom is -0.387 e. The molecule has 2 aromatic rings. The van der Waals surface area contributed by atoms with Crippen molar-refractivity contribution in [2.24, 2.45) is 0 Å². The van der Waals surface area contributed by atoms with Gasteiger partial charge in [0, 0.05) is 12.6 Å². The number of rotatable bonds is 5. The molecule has 112 valence electrons. The average molecular weight is 297 g/mol. The largest absolute Gasteiger partial charge is 0.387 e. The minimum atomic E-state index is -0.782. The summed E-state index contributed by atoms with van der Waals surface area (Å²) in [7, 11) is 0. The van der Waals surface area contributed by atoms with Gasteiger partial charge in [-0.1, -0.05) is 29.8 Å². The molecule has 0 aliphatic rings. The number of aryl methyl sites for hydroxylation is 1. The van der Waals surface area contributed by atoms with Crippen molar-refractivity contribution < 1.29 is 10.0 Å². The van der Waals surface area contributed by atoms with E-state index in [1.807, 2.05) is 31.2 Å². The van der Waals surface area contributed by atoms with Gasteiger partial charge in [0.2, 0.25) is 0 Å². The summed E-state index contributed by atoms with van der Waals surface area (Å²) in [6.07, 6.45) is -0.782. The Morgan fingerprint density at radius 2 is 2.14 bits per heavy atom. The molecule has 6 heteroatoms. The number of aliphatic hydroxyl groups excluding tert-OH is 1. The molecule has 6 nitrogen and oxygen atoms in total. The predicted octanol–water partition coefficient (Wildman–Crippen LogP) is 2.92. The van der Waals surface area contributed by atoms with Crippen LogP contribution < -0.4 is 5.32 Å². The number of nitro benzene ring substituents is 1. The first-order chi connectivity index (χ1) is 10.5. The van der Waals surface area contributed by atoms with Gasteiger partial charge in [-0.05, 0) is 24.6 Å². The maximum Gasteiger partial charge on any atom is 0.293 e. The van der Waals surface area contributed by atoms with Crippen molar-refractivity contribution in [1.82, 2.24) is 0 Å². The molecule has 2 N–H and O–H groups in total. The number of benzene rings is 2. The van der Waals surface area contributed by atoms with Crippen molar-refractivity contribution in [3.63, 3.8) is 0 Å². The number of hydrogen-bond acceptors (Lipinski definition) is 5. The lowest BCUT2D eigenvalue weighted by Gasteiger charge is -2.14. The fourth-order valence-corrected chi connectivity index (χ4v) is 2.10. The Balaban J connectivity index is 2.14. The van der Waals surface area contributed by atoms with Crippen LogP contribution in [0.25, 0.3) is 0 Å². The molecule has 0 saturated heterocycles. The molecule has 1 atom stereocenters. The van der Waals surface area contributed by atoms with Gasteiger partial charge in [0.15, 0.2) is 0 Å². The molecule has 2 aromatic carbocycles. The summed E-state index contributed by atoms with van der Waals surface area (Å²) in [5.41, 5.74) is 2.08. The Hall–Kier alpha value is -2.91. The summed E-state index contributed by atoms with van der Waals surface area (Å²) in [5, 5.41) is 32.9. The zero-order valence-electron chi connectivity index (χ0n) is 12.0. The van der Waals surface area contributed by atoms with Crippen molar-refractivity contribution in [3.05, 3.63) is 69.3 Å². The lowest BCUT2D eigenvalue weighted by Crippen LogP contribution is -2.13. The van der Waals surface area contributed by atoms with Crippen LogP contribution in [0.2, 0.25) is 0 Å². The van der Waals surface area contributed by atoms with Crippen LogP contribution in [-0.2, 0) is 0 Å². The second-order valence-electron chi connectivity index (χ2n) is 4.91. The Morgan fingerprint density at radius 3 is 2.77 bits per heavy atom. The second-order valence-corrected chi connectivity index (χ2v) is 4.91. The molecule has 0 aliphatic heterocycles. The molecule has 0 fully saturated rings. The highest BCUT2D eigenvalue weighted by Crippen LogP contribution is 2.26. The highest BCUT2D eigenvalue weighted by atomic mass is 16.6. The van der Waals surface area contributed by atoms with Gasteiger partial charge >= 0.3 is 0 Å². The maximum absolute atomic E-state index is 11.0. The number of anilines is 1. The van der Waals surface area contributed by atoms with Gasteiger partial charge in [-0.15, -0.1) is 0 Å². The zero-order chi connectivity index (χ0) is 16.1. The molecule has 0 spiro atoms. The first-order valence-electron chi connectivity index (χ1n) is 6.68. The van der Waals surface area contributed by atoms with Crippen LogP contribution >= 0.6 is 0 Å². The number of nitro groups is 1. The summed E-state index contributed by atoms with van der Waals surface area (Å²) in [4.78, 5) is 10.5. The quantitative estimate of drug-likeness (QED) is 0.653. The highest BCUT2D eigenvalue weighted by Gasteiger charge is 2.16. The van der Waals surface area contributed by atoms with Gasteiger partial charge < -0.3 is 10.4 Å². The summed E-state index contributed by atoms with van der Waals surface area (Å²) >= 11 is 0. The summed E-state index contributed by atoms with van der Waals surface area (Å²) < 4.78 is 0. The van der Waals surface area contributed by atoms with Crippen LogP contribution in [0, 0.1) is 28.4 Å². The third-order valence-electron chi connectivity index (χ3n) is 3.24. The number of hydrogen-bond donors (Lipinski definition) is 2. The topological polar surface area (TPSA) is 99.2 Å². The Bertz CT molecular complexity index is 738. The molecule has 0 aliphatic carbocycles. The SMILES string of the molecule is Cc1cccc(C(O)CNc2ccc(C#N)cc2[N+](=O)[O-])c1. The van der Waals surface area contributed by atoms with Crippen molar-refractivity contribution in [1.29, 1.82) is 5.26 Å². The highest BCUT2D eigenvalue weighted by molar-refractivity contribution is 5.64. The number of aliphatic hydroxyl groups is 1. The van der Waals surface area contributed by atoms with Gasteiger partial charge in [-0.3, -0.25) is 10.1 Å². The van der Waals surface area contributed by atoms with E-state index in [9.17, 15) is 15.2 Å². The van der Waals surface area contributed by atoms with Gasteiger partial charge in [0.1, 0.15) is 5.69 Å². The maximum atomic E-state index is 11.0. The van der Waals surface area contributed by atoms with E-state index < -0.39 is 11.0 Å². The predicted molar refractivity (Wildman–Crippen MR) is 82.4 cm³/mol. The first-order valence-corrected chi connectivity index (χ1v) is 6.68. The van der Waals surface area contributed by atoms with Gasteiger partial charge in [0.25, 0.3) is 5.69 Å². The number of nitrogens with one attached hydrogen (secondary N) is 1. The van der Waals surface area contributed by atoms with Crippen molar-refractivity contribution in [2.45, 2.75) is 13.0 Å². The number of nitriles is 1. The van der Waals surface area contributed by atoms with E-state index in [2.05, 4.69) is 5.32 Å². The summed E-state index contributed by atoms with van der Waals surface area (Å²) in [6, 6.07) is 13.5. The fourth-order valence-electron chi connectivity index (χ4n) is 2.10. The van der Waals surface area contributed by atoms with Crippen molar-refractivity contribution in [2.75, 3.05) is 11.9 Å². The smallest absolute Gasteiger partial charge is 0.293 e. The van der Waals surface area contributed by atoms with Gasteiger partial charge in [-0.2, -0.15) is 5.26 Å². The molecule has 0 heterocycles. The van der Waals surface area contributed by atoms with Crippen LogP contribution in [0.15, 0.2) is 42.5 Å². The van der Waals surface area contributed by atoms with E-state index in [-0.39, 0.29) is 23.5 Å². The van der Waals surface area contributed by atoms with Crippen molar-refractivity contribution >= 4 is 11.4 Å². The molecule has 0 radical (unpaired) electrons. The molecule has 0 aromatic heterocycles.